The molecule has 2 N–H and O–H groups in total. The Labute approximate surface area is 133 Å². The average molecular weight is 346 g/mol. The Kier molecular flexibility index (Phi) is 5.50. The number of aryl methyl sites for hydroxylation is 1. The van der Waals surface area contributed by atoms with Crippen LogP contribution in [-0.2, 0) is 16.6 Å². The van der Waals surface area contributed by atoms with Gasteiger partial charge in [-0.25, -0.2) is 18.1 Å². The highest BCUT2D eigenvalue weighted by Crippen LogP contribution is 2.24. The quantitative estimate of drug-likeness (QED) is 0.809. The molecule has 0 fully saturated rings. The van der Waals surface area contributed by atoms with Crippen LogP contribution in [0.1, 0.15) is 35.5 Å². The van der Waals surface area contributed by atoms with Crippen molar-refractivity contribution < 1.29 is 8.42 Å². The van der Waals surface area contributed by atoms with E-state index in [9.17, 15) is 8.42 Å². The molecule has 8 heteroatoms. The van der Waals surface area contributed by atoms with E-state index < -0.39 is 10.0 Å². The minimum absolute atomic E-state index is 0.326. The van der Waals surface area contributed by atoms with E-state index in [0.717, 1.165) is 22.1 Å². The lowest BCUT2D eigenvalue weighted by Crippen LogP contribution is -2.26. The fraction of sp³-hybridized carbons (Fsp3) is 0.462. The summed E-state index contributed by atoms with van der Waals surface area (Å²) >= 11 is 2.76. The van der Waals surface area contributed by atoms with E-state index in [2.05, 4.69) is 15.0 Å². The molecule has 0 bridgehead atoms. The smallest absolute Gasteiger partial charge is 0.250 e. The molecule has 0 spiro atoms. The van der Waals surface area contributed by atoms with Crippen molar-refractivity contribution in [2.45, 2.75) is 37.6 Å². The van der Waals surface area contributed by atoms with Gasteiger partial charge in [0.15, 0.2) is 0 Å². The Bertz CT molecular complexity index is 691. The van der Waals surface area contributed by atoms with E-state index in [0.29, 0.717) is 10.8 Å². The highest BCUT2D eigenvalue weighted by Gasteiger charge is 2.21. The van der Waals surface area contributed by atoms with Crippen LogP contribution in [0.3, 0.4) is 0 Å². The standard InChI is InChI=1S/C13H19N3O2S3/c1-4-14-7-11-5-6-12(20-11)21(17,18)16-10(3)13-15-9(2)8-19-13/h5-6,8,10,14,16H,4,7H2,1-3H3. The van der Waals surface area contributed by atoms with E-state index in [1.807, 2.05) is 32.2 Å². The third-order valence-electron chi connectivity index (χ3n) is 2.79. The van der Waals surface area contributed by atoms with E-state index in [1.54, 1.807) is 6.07 Å². The molecule has 2 aromatic heterocycles. The molecule has 0 aliphatic carbocycles. The summed E-state index contributed by atoms with van der Waals surface area (Å²) in [5, 5.41) is 5.88. The molecule has 0 aromatic carbocycles. The number of thiazole rings is 1. The van der Waals surface area contributed by atoms with Gasteiger partial charge in [-0.15, -0.1) is 22.7 Å². The number of aromatic nitrogens is 1. The van der Waals surface area contributed by atoms with Crippen LogP contribution in [0.5, 0.6) is 0 Å². The average Bonchev–Trinajstić information content (AvgIpc) is 3.05. The van der Waals surface area contributed by atoms with Crippen LogP contribution in [-0.4, -0.2) is 19.9 Å². The topological polar surface area (TPSA) is 71.1 Å². The second kappa shape index (κ2) is 6.97. The highest BCUT2D eigenvalue weighted by atomic mass is 32.2. The molecular formula is C13H19N3O2S3. The Morgan fingerprint density at radius 2 is 2.14 bits per heavy atom. The molecule has 21 heavy (non-hydrogen) atoms. The molecule has 0 aliphatic rings. The summed E-state index contributed by atoms with van der Waals surface area (Å²) in [6.45, 7) is 7.28. The first-order valence-corrected chi connectivity index (χ1v) is 9.84. The van der Waals surface area contributed by atoms with Crippen molar-refractivity contribution in [2.75, 3.05) is 6.54 Å². The van der Waals surface area contributed by atoms with E-state index in [4.69, 9.17) is 0 Å². The van der Waals surface area contributed by atoms with Gasteiger partial charge in [0.25, 0.3) is 10.0 Å². The van der Waals surface area contributed by atoms with Crippen molar-refractivity contribution in [2.24, 2.45) is 0 Å². The van der Waals surface area contributed by atoms with Gasteiger partial charge < -0.3 is 5.32 Å². The highest BCUT2D eigenvalue weighted by molar-refractivity contribution is 7.91. The van der Waals surface area contributed by atoms with Gasteiger partial charge in [-0.3, -0.25) is 0 Å². The van der Waals surface area contributed by atoms with Crippen molar-refractivity contribution in [3.63, 3.8) is 0 Å². The molecule has 2 rings (SSSR count). The number of hydrogen-bond acceptors (Lipinski definition) is 6. The van der Waals surface area contributed by atoms with Crippen molar-refractivity contribution in [1.29, 1.82) is 0 Å². The summed E-state index contributed by atoms with van der Waals surface area (Å²) in [6.07, 6.45) is 0. The molecule has 0 radical (unpaired) electrons. The molecule has 0 saturated carbocycles. The van der Waals surface area contributed by atoms with Crippen LogP contribution < -0.4 is 10.0 Å². The Balaban J connectivity index is 2.09. The molecular weight excluding hydrogens is 326 g/mol. The zero-order chi connectivity index (χ0) is 15.5. The molecule has 5 nitrogen and oxygen atoms in total. The number of thiophene rings is 1. The monoisotopic (exact) mass is 345 g/mol. The van der Waals surface area contributed by atoms with E-state index in [-0.39, 0.29) is 6.04 Å². The summed E-state index contributed by atoms with van der Waals surface area (Å²) in [5.41, 5.74) is 0.907. The maximum atomic E-state index is 12.4. The normalized spacial score (nSPS) is 13.5. The van der Waals surface area contributed by atoms with Crippen molar-refractivity contribution >= 4 is 32.7 Å². The molecule has 2 heterocycles. The first-order chi connectivity index (χ1) is 9.92. The molecule has 1 unspecified atom stereocenters. The van der Waals surface area contributed by atoms with E-state index in [1.165, 1.54) is 22.7 Å². The van der Waals surface area contributed by atoms with Gasteiger partial charge in [-0.2, -0.15) is 0 Å². The SMILES string of the molecule is CCNCc1ccc(S(=O)(=O)NC(C)c2nc(C)cs2)s1. The van der Waals surface area contributed by atoms with Crippen LogP contribution in [0, 0.1) is 6.92 Å². The third-order valence-corrected chi connectivity index (χ3v) is 7.05. The van der Waals surface area contributed by atoms with Crippen molar-refractivity contribution in [3.05, 3.63) is 33.1 Å². The van der Waals surface area contributed by atoms with Crippen LogP contribution in [0.15, 0.2) is 21.7 Å². The summed E-state index contributed by atoms with van der Waals surface area (Å²) in [6, 6.07) is 3.17. The summed E-state index contributed by atoms with van der Waals surface area (Å²) in [7, 11) is -3.50. The van der Waals surface area contributed by atoms with Crippen LogP contribution in [0.4, 0.5) is 0 Å². The summed E-state index contributed by atoms with van der Waals surface area (Å²) in [4.78, 5) is 5.33. The van der Waals surface area contributed by atoms with Gasteiger partial charge >= 0.3 is 0 Å². The lowest BCUT2D eigenvalue weighted by atomic mass is 10.4. The largest absolute Gasteiger partial charge is 0.312 e. The third kappa shape index (κ3) is 4.33. The number of nitrogens with zero attached hydrogens (tertiary/aromatic N) is 1. The van der Waals surface area contributed by atoms with Gasteiger partial charge in [0.1, 0.15) is 9.22 Å². The summed E-state index contributed by atoms with van der Waals surface area (Å²) < 4.78 is 27.8. The number of rotatable bonds is 7. The zero-order valence-electron chi connectivity index (χ0n) is 12.2. The Hall–Kier alpha value is -0.800. The first-order valence-electron chi connectivity index (χ1n) is 6.66. The van der Waals surface area contributed by atoms with Gasteiger partial charge in [-0.05, 0) is 32.5 Å². The van der Waals surface area contributed by atoms with Crippen LogP contribution in [0.2, 0.25) is 0 Å². The van der Waals surface area contributed by atoms with Crippen LogP contribution in [0.25, 0.3) is 0 Å². The maximum Gasteiger partial charge on any atom is 0.250 e. The van der Waals surface area contributed by atoms with E-state index >= 15 is 0 Å². The first kappa shape index (κ1) is 16.6. The summed E-state index contributed by atoms with van der Waals surface area (Å²) in [5.74, 6) is 0. The molecule has 1 atom stereocenters. The predicted octanol–water partition coefficient (Wildman–Crippen LogP) is 2.66. The Morgan fingerprint density at radius 1 is 1.38 bits per heavy atom. The van der Waals surface area contributed by atoms with Crippen molar-refractivity contribution in [1.82, 2.24) is 15.0 Å². The molecule has 0 amide bonds. The number of nitrogens with one attached hydrogen (secondary N) is 2. The minimum atomic E-state index is -3.50. The molecule has 0 aliphatic heterocycles. The molecule has 2 aromatic rings. The maximum absolute atomic E-state index is 12.4. The van der Waals surface area contributed by atoms with Crippen LogP contribution >= 0.6 is 22.7 Å². The predicted molar refractivity (Wildman–Crippen MR) is 87.3 cm³/mol. The second-order valence-corrected chi connectivity index (χ2v) is 8.67. The fourth-order valence-corrected chi connectivity index (χ4v) is 5.19. The number of hydrogen-bond donors (Lipinski definition) is 2. The number of sulfonamides is 1. The minimum Gasteiger partial charge on any atom is -0.312 e. The lowest BCUT2D eigenvalue weighted by Gasteiger charge is -2.10. The van der Waals surface area contributed by atoms with Crippen molar-refractivity contribution in [3.8, 4) is 0 Å². The van der Waals surface area contributed by atoms with Gasteiger partial charge in [0.2, 0.25) is 0 Å². The van der Waals surface area contributed by atoms with Gasteiger partial charge in [-0.1, -0.05) is 6.92 Å². The Morgan fingerprint density at radius 3 is 2.76 bits per heavy atom. The van der Waals surface area contributed by atoms with Gasteiger partial charge in [0, 0.05) is 22.5 Å². The molecule has 0 saturated heterocycles. The van der Waals surface area contributed by atoms with Gasteiger partial charge in [0.05, 0.1) is 6.04 Å². The zero-order valence-corrected chi connectivity index (χ0v) is 14.7. The lowest BCUT2D eigenvalue weighted by molar-refractivity contribution is 0.568. The second-order valence-electron chi connectivity index (χ2n) is 4.67. The fourth-order valence-electron chi connectivity index (χ4n) is 1.76. The molecule has 116 valence electrons.